The second kappa shape index (κ2) is 9.15. The molecular weight excluding hydrogens is 458 g/mol. The lowest BCUT2D eigenvalue weighted by Crippen LogP contribution is -2.31. The summed E-state index contributed by atoms with van der Waals surface area (Å²) in [7, 11) is 0.0416. The Hall–Kier alpha value is -4.30. The molecule has 0 aliphatic heterocycles. The van der Waals surface area contributed by atoms with Crippen molar-refractivity contribution in [2.24, 2.45) is 0 Å². The average Bonchev–Trinajstić information content (AvgIpc) is 2.89. The van der Waals surface area contributed by atoms with E-state index in [1.165, 1.54) is 12.1 Å². The molecule has 8 heteroatoms. The molecule has 0 bridgehead atoms. The minimum absolute atomic E-state index is 0.0284. The third-order valence-electron chi connectivity index (χ3n) is 5.57. The largest absolute Gasteiger partial charge is 0.425 e. The third-order valence-corrected chi connectivity index (χ3v) is 6.85. The number of pyridine rings is 1. The molecule has 0 fully saturated rings. The molecule has 174 valence electrons. The number of para-hydroxylation sites is 2. The van der Waals surface area contributed by atoms with Gasteiger partial charge in [0.2, 0.25) is 10.0 Å². The summed E-state index contributed by atoms with van der Waals surface area (Å²) in [4.78, 5) is 11.4. The monoisotopic (exact) mass is 481 g/mol. The summed E-state index contributed by atoms with van der Waals surface area (Å²) in [5.41, 5.74) is 4.43. The number of rotatable bonds is 6. The Bertz CT molecular complexity index is 1590. The van der Waals surface area contributed by atoms with Crippen LogP contribution in [0.5, 0.6) is 0 Å². The van der Waals surface area contributed by atoms with Crippen molar-refractivity contribution in [3.8, 4) is 16.9 Å². The minimum Gasteiger partial charge on any atom is -0.425 e. The first-order valence-corrected chi connectivity index (χ1v) is 12.4. The van der Waals surface area contributed by atoms with Crippen LogP contribution in [0, 0.1) is 0 Å². The van der Waals surface area contributed by atoms with E-state index in [2.05, 4.69) is 38.9 Å². The van der Waals surface area contributed by atoms with Gasteiger partial charge >= 0.3 is 5.82 Å². The molecule has 0 N–H and O–H groups in total. The molecule has 35 heavy (non-hydrogen) atoms. The Morgan fingerprint density at radius 1 is 0.714 bits per heavy atom. The number of nitrogens with zero attached hydrogens (tertiary/aromatic N) is 5. The maximum atomic E-state index is 13.0. The Morgan fingerprint density at radius 2 is 1.29 bits per heavy atom. The Morgan fingerprint density at radius 3 is 1.91 bits per heavy atom. The van der Waals surface area contributed by atoms with E-state index in [0.29, 0.717) is 16.9 Å². The predicted molar refractivity (Wildman–Crippen MR) is 137 cm³/mol. The van der Waals surface area contributed by atoms with Gasteiger partial charge in [-0.05, 0) is 58.6 Å². The molecular formula is C27H23N5O2S. The zero-order valence-corrected chi connectivity index (χ0v) is 20.1. The Balaban J connectivity index is 1.55. The van der Waals surface area contributed by atoms with Gasteiger partial charge in [0.05, 0.1) is 17.3 Å². The fourth-order valence-electron chi connectivity index (χ4n) is 3.69. The van der Waals surface area contributed by atoms with Gasteiger partial charge in [-0.15, -0.1) is 0 Å². The first-order valence-electron chi connectivity index (χ1n) is 11.0. The van der Waals surface area contributed by atoms with Crippen molar-refractivity contribution in [3.05, 3.63) is 108 Å². The summed E-state index contributed by atoms with van der Waals surface area (Å²) in [6, 6.07) is 27.6. The smallest absolute Gasteiger partial charge is 0.327 e. The molecule has 0 aliphatic carbocycles. The van der Waals surface area contributed by atoms with Crippen molar-refractivity contribution in [1.82, 2.24) is 9.97 Å². The van der Waals surface area contributed by atoms with Crippen molar-refractivity contribution < 1.29 is 13.0 Å². The molecule has 0 saturated carbocycles. The van der Waals surface area contributed by atoms with Crippen LogP contribution in [-0.2, 0) is 10.0 Å². The number of hydrogen-bond donors (Lipinski definition) is 0. The SMILES string of the molecule is CN(C)c1ccc(-c2cc[n+](-c3nc4ccccc4nc3[N-]S(=O)(=O)c3ccccc3)cc2)cc1. The number of aromatic nitrogens is 3. The molecule has 0 unspecified atom stereocenters. The fraction of sp³-hybridized carbons (Fsp3) is 0.0741. The van der Waals surface area contributed by atoms with Gasteiger partial charge in [0.1, 0.15) is 0 Å². The van der Waals surface area contributed by atoms with Crippen LogP contribution in [0.15, 0.2) is 108 Å². The van der Waals surface area contributed by atoms with E-state index in [-0.39, 0.29) is 10.7 Å². The Kier molecular flexibility index (Phi) is 5.88. The van der Waals surface area contributed by atoms with Crippen LogP contribution in [0.1, 0.15) is 0 Å². The van der Waals surface area contributed by atoms with Crippen LogP contribution in [-0.4, -0.2) is 32.5 Å². The Labute approximate surface area is 204 Å². The van der Waals surface area contributed by atoms with Crippen molar-refractivity contribution >= 4 is 32.6 Å². The number of benzene rings is 3. The van der Waals surface area contributed by atoms with E-state index in [1.54, 1.807) is 28.8 Å². The van der Waals surface area contributed by atoms with Gasteiger partial charge in [0.25, 0.3) is 0 Å². The van der Waals surface area contributed by atoms with Gasteiger partial charge in [0.15, 0.2) is 5.52 Å². The standard InChI is InChI=1S/C27H23N5O2S/c1-31(2)22-14-12-20(13-15-22)21-16-18-32(19-17-21)27-26(28-24-10-6-7-11-25(24)29-27)30-35(33,34)23-8-4-3-5-9-23/h3-19H,1-2H3. The van der Waals surface area contributed by atoms with E-state index in [1.807, 2.05) is 56.8 Å². The van der Waals surface area contributed by atoms with E-state index >= 15 is 0 Å². The van der Waals surface area contributed by atoms with E-state index in [4.69, 9.17) is 4.98 Å². The lowest BCUT2D eigenvalue weighted by Gasteiger charge is -2.16. The molecule has 0 atom stereocenters. The molecule has 0 radical (unpaired) electrons. The van der Waals surface area contributed by atoms with E-state index in [0.717, 1.165) is 16.8 Å². The van der Waals surface area contributed by atoms with Crippen LogP contribution in [0.4, 0.5) is 11.5 Å². The quantitative estimate of drug-likeness (QED) is 0.318. The lowest BCUT2D eigenvalue weighted by atomic mass is 10.1. The molecule has 5 rings (SSSR count). The molecule has 7 nitrogen and oxygen atoms in total. The highest BCUT2D eigenvalue weighted by atomic mass is 32.2. The molecule has 0 amide bonds. The molecule has 0 aliphatic rings. The van der Waals surface area contributed by atoms with E-state index in [9.17, 15) is 8.42 Å². The maximum Gasteiger partial charge on any atom is 0.327 e. The first kappa shape index (κ1) is 22.5. The van der Waals surface area contributed by atoms with Crippen molar-refractivity contribution in [2.45, 2.75) is 4.90 Å². The minimum atomic E-state index is -3.97. The number of hydrogen-bond acceptors (Lipinski definition) is 5. The van der Waals surface area contributed by atoms with Crippen molar-refractivity contribution in [3.63, 3.8) is 0 Å². The molecule has 2 aromatic heterocycles. The average molecular weight is 482 g/mol. The topological polar surface area (TPSA) is 81.1 Å². The normalized spacial score (nSPS) is 11.4. The van der Waals surface area contributed by atoms with Crippen LogP contribution in [0.2, 0.25) is 0 Å². The van der Waals surface area contributed by atoms with Crippen LogP contribution >= 0.6 is 0 Å². The van der Waals surface area contributed by atoms with E-state index < -0.39 is 10.0 Å². The number of anilines is 1. The fourth-order valence-corrected chi connectivity index (χ4v) is 4.64. The summed E-state index contributed by atoms with van der Waals surface area (Å²) < 4.78 is 31.8. The van der Waals surface area contributed by atoms with Crippen LogP contribution < -0.4 is 9.47 Å². The van der Waals surface area contributed by atoms with Gasteiger partial charge in [-0.1, -0.05) is 48.5 Å². The third kappa shape index (κ3) is 4.69. The van der Waals surface area contributed by atoms with Crippen LogP contribution in [0.25, 0.3) is 32.7 Å². The maximum absolute atomic E-state index is 13.0. The molecule has 3 aromatic carbocycles. The van der Waals surface area contributed by atoms with Gasteiger partial charge < -0.3 is 14.6 Å². The predicted octanol–water partition coefficient (Wildman–Crippen LogP) is 5.03. The zero-order valence-electron chi connectivity index (χ0n) is 19.3. The molecule has 0 saturated heterocycles. The molecule has 2 heterocycles. The summed E-state index contributed by atoms with van der Waals surface area (Å²) in [5.74, 6) is 0.360. The van der Waals surface area contributed by atoms with Gasteiger partial charge in [-0.2, -0.15) is 0 Å². The van der Waals surface area contributed by atoms with Gasteiger partial charge in [0, 0.05) is 31.1 Å². The summed E-state index contributed by atoms with van der Waals surface area (Å²) in [6.07, 6.45) is 3.67. The first-order chi connectivity index (χ1) is 16.9. The lowest BCUT2D eigenvalue weighted by molar-refractivity contribution is -0.598. The van der Waals surface area contributed by atoms with Gasteiger partial charge in [-0.25, -0.2) is 13.0 Å². The summed E-state index contributed by atoms with van der Waals surface area (Å²) >= 11 is 0. The second-order valence-corrected chi connectivity index (χ2v) is 9.78. The summed E-state index contributed by atoms with van der Waals surface area (Å²) in [5, 5.41) is 0. The van der Waals surface area contributed by atoms with Crippen molar-refractivity contribution in [1.29, 1.82) is 0 Å². The number of fused-ring (bicyclic) bond motifs is 1. The van der Waals surface area contributed by atoms with Crippen molar-refractivity contribution in [2.75, 3.05) is 19.0 Å². The highest BCUT2D eigenvalue weighted by molar-refractivity contribution is 7.94. The summed E-state index contributed by atoms with van der Waals surface area (Å²) in [6.45, 7) is 0. The van der Waals surface area contributed by atoms with Gasteiger partial charge in [-0.3, -0.25) is 0 Å². The van der Waals surface area contributed by atoms with Crippen LogP contribution in [0.3, 0.4) is 0 Å². The highest BCUT2D eigenvalue weighted by Gasteiger charge is 2.18. The highest BCUT2D eigenvalue weighted by Crippen LogP contribution is 2.30. The molecule has 0 spiro atoms. The zero-order chi connectivity index (χ0) is 24.4. The number of sulfonamides is 1. The second-order valence-electron chi connectivity index (χ2n) is 8.17. The molecule has 5 aromatic rings.